The minimum Gasteiger partial charge on any atom is -0.439 e. The van der Waals surface area contributed by atoms with Gasteiger partial charge in [0.15, 0.2) is 0 Å². The number of aromatic nitrogens is 2. The van der Waals surface area contributed by atoms with Crippen LogP contribution in [0.2, 0.25) is 0 Å². The van der Waals surface area contributed by atoms with Crippen LogP contribution in [0.5, 0.6) is 0 Å². The number of anilines is 2. The highest BCUT2D eigenvalue weighted by atomic mass is 16.6. The number of hydrogen-bond acceptors (Lipinski definition) is 5. The Balaban J connectivity index is 1.75. The minimum absolute atomic E-state index is 0.194. The highest BCUT2D eigenvalue weighted by Crippen LogP contribution is 2.52. The second-order valence-corrected chi connectivity index (χ2v) is 11.5. The maximum absolute atomic E-state index is 13.6. The van der Waals surface area contributed by atoms with E-state index in [2.05, 4.69) is 66.7 Å². The Morgan fingerprint density at radius 1 is 0.977 bits per heavy atom. The highest BCUT2D eigenvalue weighted by Gasteiger charge is 2.53. The number of ether oxygens (including phenoxy) is 1. The quantitative estimate of drug-likeness (QED) is 0.128. The van der Waals surface area contributed by atoms with E-state index in [-0.39, 0.29) is 5.91 Å². The molecule has 7 nitrogen and oxygen atoms in total. The predicted molar refractivity (Wildman–Crippen MR) is 174 cm³/mol. The molecule has 0 radical (unpaired) electrons. The number of esters is 1. The third-order valence-electron chi connectivity index (χ3n) is 8.75. The van der Waals surface area contributed by atoms with Crippen molar-refractivity contribution in [3.8, 4) is 0 Å². The first-order valence-electron chi connectivity index (χ1n) is 15.8. The molecule has 2 aromatic carbocycles. The van der Waals surface area contributed by atoms with Crippen molar-refractivity contribution < 1.29 is 14.3 Å². The molecule has 1 amide bonds. The molecule has 2 aromatic heterocycles. The molecule has 0 fully saturated rings. The SMILES string of the molecule is CCCCCCCCn1c(C)c(C2(c3ccc(N(CC)CC)cc3NC(C)=O)OC(=O)c3cccnc32)c2ccccc21. The van der Waals surface area contributed by atoms with Gasteiger partial charge < -0.3 is 19.5 Å². The Hall–Kier alpha value is -4.13. The normalized spacial score (nSPS) is 15.9. The molecule has 226 valence electrons. The monoisotopic (exact) mass is 580 g/mol. The summed E-state index contributed by atoms with van der Waals surface area (Å²) in [6.45, 7) is 12.6. The Kier molecular flexibility index (Phi) is 9.19. The van der Waals surface area contributed by atoms with Crippen molar-refractivity contribution in [2.45, 2.75) is 85.3 Å². The molecule has 4 aromatic rings. The Labute approximate surface area is 255 Å². The van der Waals surface area contributed by atoms with E-state index in [1.165, 1.54) is 39.0 Å². The molecule has 3 heterocycles. The second kappa shape index (κ2) is 13.0. The Bertz CT molecular complexity index is 1620. The summed E-state index contributed by atoms with van der Waals surface area (Å²) >= 11 is 0. The van der Waals surface area contributed by atoms with E-state index in [4.69, 9.17) is 9.72 Å². The van der Waals surface area contributed by atoms with Gasteiger partial charge in [-0.2, -0.15) is 0 Å². The van der Waals surface area contributed by atoms with Crippen LogP contribution in [0.4, 0.5) is 11.4 Å². The van der Waals surface area contributed by atoms with Crippen LogP contribution in [0.25, 0.3) is 10.9 Å². The van der Waals surface area contributed by atoms with Gasteiger partial charge in [0, 0.05) is 66.2 Å². The number of benzene rings is 2. The first kappa shape index (κ1) is 30.3. The zero-order valence-corrected chi connectivity index (χ0v) is 26.2. The van der Waals surface area contributed by atoms with E-state index >= 15 is 0 Å². The average Bonchev–Trinajstić information content (AvgIpc) is 3.46. The fourth-order valence-electron chi connectivity index (χ4n) is 6.71. The molecule has 0 saturated heterocycles. The molecule has 0 spiro atoms. The van der Waals surface area contributed by atoms with Gasteiger partial charge in [-0.25, -0.2) is 4.79 Å². The van der Waals surface area contributed by atoms with Gasteiger partial charge in [0.1, 0.15) is 5.69 Å². The standard InChI is InChI=1S/C36H44N4O3/c1-6-9-10-11-12-15-23-40-25(4)33(28-17-13-14-19-32(28)40)36(34-29(35(42)43-36)18-16-22-37-34)30-21-20-27(39(7-2)8-3)24-31(30)38-26(5)41/h13-14,16-22,24H,6-12,15,23H2,1-5H3,(H,38,41). The van der Waals surface area contributed by atoms with Gasteiger partial charge in [-0.05, 0) is 57.5 Å². The van der Waals surface area contributed by atoms with Crippen molar-refractivity contribution in [2.75, 3.05) is 23.3 Å². The molecule has 1 atom stereocenters. The summed E-state index contributed by atoms with van der Waals surface area (Å²) in [6, 6.07) is 17.9. The van der Waals surface area contributed by atoms with Crippen molar-refractivity contribution in [2.24, 2.45) is 0 Å². The third-order valence-corrected chi connectivity index (χ3v) is 8.75. The first-order chi connectivity index (χ1) is 20.9. The smallest absolute Gasteiger partial charge is 0.341 e. The van der Waals surface area contributed by atoms with Crippen LogP contribution in [0.15, 0.2) is 60.8 Å². The van der Waals surface area contributed by atoms with Crippen LogP contribution in [0.3, 0.4) is 0 Å². The number of carbonyl (C=O) groups excluding carboxylic acids is 2. The lowest BCUT2D eigenvalue weighted by Gasteiger charge is -2.32. The van der Waals surface area contributed by atoms with Crippen LogP contribution in [0.1, 0.15) is 99.1 Å². The molecule has 0 saturated carbocycles. The van der Waals surface area contributed by atoms with E-state index in [9.17, 15) is 9.59 Å². The molecule has 0 aliphatic carbocycles. The third kappa shape index (κ3) is 5.53. The number of pyridine rings is 1. The van der Waals surface area contributed by atoms with Gasteiger partial charge in [0.05, 0.1) is 11.3 Å². The maximum atomic E-state index is 13.6. The van der Waals surface area contributed by atoms with Gasteiger partial charge in [-0.1, -0.05) is 63.3 Å². The van der Waals surface area contributed by atoms with E-state index in [0.717, 1.165) is 53.9 Å². The number of carbonyl (C=O) groups is 2. The summed E-state index contributed by atoms with van der Waals surface area (Å²) < 4.78 is 8.92. The van der Waals surface area contributed by atoms with Crippen LogP contribution < -0.4 is 10.2 Å². The van der Waals surface area contributed by atoms with Gasteiger partial charge >= 0.3 is 5.97 Å². The largest absolute Gasteiger partial charge is 0.439 e. The Morgan fingerprint density at radius 3 is 2.47 bits per heavy atom. The van der Waals surface area contributed by atoms with E-state index in [1.54, 1.807) is 18.3 Å². The molecule has 1 aliphatic rings. The minimum atomic E-state index is -1.34. The molecule has 43 heavy (non-hydrogen) atoms. The summed E-state index contributed by atoms with van der Waals surface area (Å²) in [6.07, 6.45) is 8.96. The molecular formula is C36H44N4O3. The van der Waals surface area contributed by atoms with Crippen molar-refractivity contribution in [3.05, 3.63) is 88.9 Å². The van der Waals surface area contributed by atoms with Gasteiger partial charge in [-0.15, -0.1) is 0 Å². The molecule has 1 unspecified atom stereocenters. The zero-order chi connectivity index (χ0) is 30.6. The van der Waals surface area contributed by atoms with Crippen LogP contribution in [-0.2, 0) is 21.7 Å². The molecular weight excluding hydrogens is 536 g/mol. The molecule has 1 aliphatic heterocycles. The number of unbranched alkanes of at least 4 members (excludes halogenated alkanes) is 5. The summed E-state index contributed by atoms with van der Waals surface area (Å²) in [4.78, 5) is 33.2. The number of nitrogens with one attached hydrogen (secondary N) is 1. The van der Waals surface area contributed by atoms with Crippen molar-refractivity contribution in [1.82, 2.24) is 9.55 Å². The maximum Gasteiger partial charge on any atom is 0.341 e. The number of aryl methyl sites for hydroxylation is 1. The molecule has 1 N–H and O–H groups in total. The molecule has 0 bridgehead atoms. The number of rotatable bonds is 13. The Morgan fingerprint density at radius 2 is 1.72 bits per heavy atom. The highest BCUT2D eigenvalue weighted by molar-refractivity contribution is 5.99. The van der Waals surface area contributed by atoms with E-state index in [0.29, 0.717) is 22.5 Å². The van der Waals surface area contributed by atoms with Gasteiger partial charge in [-0.3, -0.25) is 9.78 Å². The fraction of sp³-hybridized carbons (Fsp3) is 0.417. The van der Waals surface area contributed by atoms with Crippen molar-refractivity contribution >= 4 is 34.2 Å². The van der Waals surface area contributed by atoms with Gasteiger partial charge in [0.25, 0.3) is 0 Å². The summed E-state index contributed by atoms with van der Waals surface area (Å²) in [5, 5.41) is 4.09. The summed E-state index contributed by atoms with van der Waals surface area (Å²) in [5.74, 6) is -0.613. The second-order valence-electron chi connectivity index (χ2n) is 11.5. The lowest BCUT2D eigenvalue weighted by Crippen LogP contribution is -2.33. The van der Waals surface area contributed by atoms with Crippen molar-refractivity contribution in [1.29, 1.82) is 0 Å². The number of cyclic esters (lactones) is 1. The van der Waals surface area contributed by atoms with Crippen LogP contribution in [-0.4, -0.2) is 34.5 Å². The fourth-order valence-corrected chi connectivity index (χ4v) is 6.71. The number of para-hydroxylation sites is 1. The van der Waals surface area contributed by atoms with E-state index in [1.807, 2.05) is 18.2 Å². The van der Waals surface area contributed by atoms with E-state index < -0.39 is 11.6 Å². The lowest BCUT2D eigenvalue weighted by atomic mass is 9.80. The number of amides is 1. The lowest BCUT2D eigenvalue weighted by molar-refractivity contribution is -0.114. The number of nitrogens with zero attached hydrogens (tertiary/aromatic N) is 3. The van der Waals surface area contributed by atoms with Crippen LogP contribution >= 0.6 is 0 Å². The van der Waals surface area contributed by atoms with Gasteiger partial charge in [0.2, 0.25) is 11.5 Å². The first-order valence-corrected chi connectivity index (χ1v) is 15.8. The number of hydrogen-bond donors (Lipinski definition) is 1. The predicted octanol–water partition coefficient (Wildman–Crippen LogP) is 7.97. The molecule has 7 heteroatoms. The zero-order valence-electron chi connectivity index (χ0n) is 26.2. The topological polar surface area (TPSA) is 76.5 Å². The summed E-state index contributed by atoms with van der Waals surface area (Å²) in [5.41, 5.74) is 4.95. The number of fused-ring (bicyclic) bond motifs is 2. The van der Waals surface area contributed by atoms with Crippen LogP contribution in [0, 0.1) is 6.92 Å². The van der Waals surface area contributed by atoms with Crippen molar-refractivity contribution in [3.63, 3.8) is 0 Å². The summed E-state index contributed by atoms with van der Waals surface area (Å²) in [7, 11) is 0. The average molecular weight is 581 g/mol. The molecule has 5 rings (SSSR count).